The molecule has 6 nitrogen and oxygen atoms in total. The number of nitrogens with one attached hydrogen (secondary N) is 1. The van der Waals surface area contributed by atoms with Crippen LogP contribution < -0.4 is 10.9 Å². The van der Waals surface area contributed by atoms with Gasteiger partial charge in [-0.3, -0.25) is 14.4 Å². The number of pyridine rings is 1. The van der Waals surface area contributed by atoms with Crippen molar-refractivity contribution in [1.29, 1.82) is 0 Å². The van der Waals surface area contributed by atoms with Crippen molar-refractivity contribution < 1.29 is 14.7 Å². The van der Waals surface area contributed by atoms with E-state index in [1.54, 1.807) is 7.05 Å². The number of amides is 1. The third-order valence-corrected chi connectivity index (χ3v) is 4.24. The summed E-state index contributed by atoms with van der Waals surface area (Å²) in [6.07, 6.45) is 3.57. The normalized spacial score (nSPS) is 24.8. The number of carbonyl (C=O) groups is 2. The summed E-state index contributed by atoms with van der Waals surface area (Å²) in [5, 5.41) is 12.0. The summed E-state index contributed by atoms with van der Waals surface area (Å²) in [7, 11) is 1.60. The number of aliphatic carboxylic acids is 1. The summed E-state index contributed by atoms with van der Waals surface area (Å²) in [4.78, 5) is 34.9. The quantitative estimate of drug-likeness (QED) is 0.879. The Balaban J connectivity index is 2.12. The highest BCUT2D eigenvalue weighted by Gasteiger charge is 2.42. The van der Waals surface area contributed by atoms with Gasteiger partial charge in [0.1, 0.15) is 0 Å². The predicted octanol–water partition coefficient (Wildman–Crippen LogP) is 1.46. The van der Waals surface area contributed by atoms with Gasteiger partial charge in [0.05, 0.1) is 17.5 Å². The first-order chi connectivity index (χ1) is 9.92. The molecule has 1 amide bonds. The molecule has 1 aromatic heterocycles. The maximum absolute atomic E-state index is 12.3. The van der Waals surface area contributed by atoms with Crippen LogP contribution in [0, 0.1) is 17.8 Å². The molecule has 0 saturated heterocycles. The van der Waals surface area contributed by atoms with Crippen molar-refractivity contribution in [3.05, 3.63) is 28.7 Å². The molecule has 1 heterocycles. The number of nitrogens with zero attached hydrogens (tertiary/aromatic N) is 1. The third kappa shape index (κ3) is 3.32. The van der Waals surface area contributed by atoms with Crippen molar-refractivity contribution in [3.63, 3.8) is 0 Å². The van der Waals surface area contributed by atoms with Crippen molar-refractivity contribution >= 4 is 17.6 Å². The van der Waals surface area contributed by atoms with Crippen LogP contribution in [0.2, 0.25) is 0 Å². The SMILES string of the molecule is CCC1C[C@H](C(=O)Nc2ccc(=O)n(C)c2)[C@H](C(=O)O)C1. The molecule has 0 radical (unpaired) electrons. The predicted molar refractivity (Wildman–Crippen MR) is 77.9 cm³/mol. The molecule has 2 N–H and O–H groups in total. The summed E-state index contributed by atoms with van der Waals surface area (Å²) < 4.78 is 1.37. The van der Waals surface area contributed by atoms with Crippen LogP contribution in [0.1, 0.15) is 26.2 Å². The smallest absolute Gasteiger partial charge is 0.307 e. The van der Waals surface area contributed by atoms with Gasteiger partial charge in [-0.15, -0.1) is 0 Å². The highest BCUT2D eigenvalue weighted by molar-refractivity contribution is 5.95. The Morgan fingerprint density at radius 3 is 2.57 bits per heavy atom. The minimum absolute atomic E-state index is 0.164. The van der Waals surface area contributed by atoms with Crippen LogP contribution in [-0.2, 0) is 16.6 Å². The average Bonchev–Trinajstić information content (AvgIpc) is 2.87. The standard InChI is InChI=1S/C15H20N2O4/c1-3-9-6-11(12(7-9)15(20)21)14(19)16-10-4-5-13(18)17(2)8-10/h4-5,8-9,11-12H,3,6-7H2,1-2H3,(H,16,19)(H,20,21)/t9?,11-,12+/m0/s1. The van der Waals surface area contributed by atoms with Crippen LogP contribution in [0.15, 0.2) is 23.1 Å². The molecule has 0 aromatic carbocycles. The van der Waals surface area contributed by atoms with Gasteiger partial charge < -0.3 is 15.0 Å². The lowest BCUT2D eigenvalue weighted by atomic mass is 9.95. The second-order valence-corrected chi connectivity index (χ2v) is 5.65. The summed E-state index contributed by atoms with van der Waals surface area (Å²) in [5.74, 6) is -2.04. The third-order valence-electron chi connectivity index (χ3n) is 4.24. The molecule has 1 aliphatic carbocycles. The molecule has 6 heteroatoms. The molecule has 1 fully saturated rings. The zero-order chi connectivity index (χ0) is 15.6. The molecule has 2 rings (SSSR count). The Kier molecular flexibility index (Phi) is 4.45. The fourth-order valence-electron chi connectivity index (χ4n) is 2.94. The number of rotatable bonds is 4. The minimum atomic E-state index is -0.911. The van der Waals surface area contributed by atoms with Crippen LogP contribution in [0.4, 0.5) is 5.69 Å². The first-order valence-corrected chi connectivity index (χ1v) is 7.12. The fraction of sp³-hybridized carbons (Fsp3) is 0.533. The highest BCUT2D eigenvalue weighted by Crippen LogP contribution is 2.38. The van der Waals surface area contributed by atoms with Gasteiger partial charge in [-0.25, -0.2) is 0 Å². The van der Waals surface area contributed by atoms with Crippen LogP contribution in [0.25, 0.3) is 0 Å². The van der Waals surface area contributed by atoms with Gasteiger partial charge >= 0.3 is 5.97 Å². The number of carboxylic acid groups (broad SMARTS) is 1. The highest BCUT2D eigenvalue weighted by atomic mass is 16.4. The van der Waals surface area contributed by atoms with Crippen molar-refractivity contribution in [3.8, 4) is 0 Å². The van der Waals surface area contributed by atoms with E-state index in [1.807, 2.05) is 6.92 Å². The average molecular weight is 292 g/mol. The van der Waals surface area contributed by atoms with E-state index >= 15 is 0 Å². The van der Waals surface area contributed by atoms with Crippen molar-refractivity contribution in [2.24, 2.45) is 24.8 Å². The molecular weight excluding hydrogens is 272 g/mol. The van der Waals surface area contributed by atoms with E-state index in [4.69, 9.17) is 0 Å². The van der Waals surface area contributed by atoms with E-state index in [-0.39, 0.29) is 17.4 Å². The van der Waals surface area contributed by atoms with Gasteiger partial charge in [-0.05, 0) is 24.8 Å². The minimum Gasteiger partial charge on any atom is -0.481 e. The van der Waals surface area contributed by atoms with Crippen LogP contribution >= 0.6 is 0 Å². The van der Waals surface area contributed by atoms with Gasteiger partial charge in [0, 0.05) is 19.3 Å². The monoisotopic (exact) mass is 292 g/mol. The number of hydrogen-bond acceptors (Lipinski definition) is 3. The molecule has 21 heavy (non-hydrogen) atoms. The Morgan fingerprint density at radius 1 is 1.33 bits per heavy atom. The summed E-state index contributed by atoms with van der Waals surface area (Å²) in [6.45, 7) is 2.01. The summed E-state index contributed by atoms with van der Waals surface area (Å²) in [5.41, 5.74) is 0.342. The van der Waals surface area contributed by atoms with E-state index in [0.717, 1.165) is 6.42 Å². The molecule has 0 bridgehead atoms. The molecule has 1 aromatic rings. The maximum Gasteiger partial charge on any atom is 0.307 e. The van der Waals surface area contributed by atoms with E-state index in [2.05, 4.69) is 5.32 Å². The second kappa shape index (κ2) is 6.11. The number of hydrogen-bond donors (Lipinski definition) is 2. The zero-order valence-electron chi connectivity index (χ0n) is 12.2. The van der Waals surface area contributed by atoms with E-state index in [1.165, 1.54) is 22.9 Å². The number of carbonyl (C=O) groups excluding carboxylic acids is 1. The van der Waals surface area contributed by atoms with E-state index in [0.29, 0.717) is 18.5 Å². The molecule has 3 atom stereocenters. The zero-order valence-corrected chi connectivity index (χ0v) is 12.2. The lowest BCUT2D eigenvalue weighted by Crippen LogP contribution is -2.30. The first-order valence-electron chi connectivity index (χ1n) is 7.12. The van der Waals surface area contributed by atoms with Gasteiger partial charge in [0.25, 0.3) is 0 Å². The number of aromatic nitrogens is 1. The number of anilines is 1. The topological polar surface area (TPSA) is 88.4 Å². The van der Waals surface area contributed by atoms with Crippen LogP contribution in [0.5, 0.6) is 0 Å². The Labute approximate surface area is 122 Å². The molecule has 1 unspecified atom stereocenters. The van der Waals surface area contributed by atoms with Gasteiger partial charge in [0.2, 0.25) is 11.5 Å². The largest absolute Gasteiger partial charge is 0.481 e. The Hall–Kier alpha value is -2.11. The fourth-order valence-corrected chi connectivity index (χ4v) is 2.94. The summed E-state index contributed by atoms with van der Waals surface area (Å²) >= 11 is 0. The van der Waals surface area contributed by atoms with E-state index < -0.39 is 17.8 Å². The van der Waals surface area contributed by atoms with Crippen molar-refractivity contribution in [1.82, 2.24) is 4.57 Å². The van der Waals surface area contributed by atoms with Crippen molar-refractivity contribution in [2.75, 3.05) is 5.32 Å². The van der Waals surface area contributed by atoms with Gasteiger partial charge in [0.15, 0.2) is 0 Å². The number of carboxylic acids is 1. The molecule has 0 aliphatic heterocycles. The number of aryl methyl sites for hydroxylation is 1. The Bertz CT molecular complexity index is 608. The molecule has 0 spiro atoms. The van der Waals surface area contributed by atoms with Crippen LogP contribution in [0.3, 0.4) is 0 Å². The molecule has 1 aliphatic rings. The molecular formula is C15H20N2O4. The lowest BCUT2D eigenvalue weighted by molar-refractivity contribution is -0.145. The van der Waals surface area contributed by atoms with E-state index in [9.17, 15) is 19.5 Å². The van der Waals surface area contributed by atoms with Gasteiger partial charge in [-0.2, -0.15) is 0 Å². The Morgan fingerprint density at radius 2 is 2.00 bits per heavy atom. The molecule has 1 saturated carbocycles. The van der Waals surface area contributed by atoms with Crippen molar-refractivity contribution in [2.45, 2.75) is 26.2 Å². The first kappa shape index (κ1) is 15.3. The summed E-state index contributed by atoms with van der Waals surface area (Å²) in [6, 6.07) is 2.90. The second-order valence-electron chi connectivity index (χ2n) is 5.65. The lowest BCUT2D eigenvalue weighted by Gasteiger charge is -2.15. The van der Waals surface area contributed by atoms with Crippen LogP contribution in [-0.4, -0.2) is 21.6 Å². The molecule has 114 valence electrons. The van der Waals surface area contributed by atoms with Gasteiger partial charge in [-0.1, -0.05) is 13.3 Å². The maximum atomic E-state index is 12.3.